The maximum atomic E-state index is 13.2. The van der Waals surface area contributed by atoms with Crippen molar-refractivity contribution in [3.8, 4) is 11.5 Å². The minimum absolute atomic E-state index is 0.0110. The molecule has 1 aromatic rings. The van der Waals surface area contributed by atoms with Crippen molar-refractivity contribution in [3.63, 3.8) is 0 Å². The van der Waals surface area contributed by atoms with Crippen molar-refractivity contribution in [3.05, 3.63) is 46.8 Å². The molecule has 1 aliphatic carbocycles. The summed E-state index contributed by atoms with van der Waals surface area (Å²) in [6.45, 7) is 12.8. The van der Waals surface area contributed by atoms with E-state index in [4.69, 9.17) is 9.47 Å². The van der Waals surface area contributed by atoms with Crippen molar-refractivity contribution in [2.75, 3.05) is 20.2 Å². The molecule has 29 heavy (non-hydrogen) atoms. The Morgan fingerprint density at radius 1 is 1.24 bits per heavy atom. The number of nitrogens with one attached hydrogen (secondary N) is 1. The zero-order valence-corrected chi connectivity index (χ0v) is 18.0. The third-order valence-corrected chi connectivity index (χ3v) is 5.50. The second kappa shape index (κ2) is 8.31. The van der Waals surface area contributed by atoms with E-state index in [2.05, 4.69) is 24.0 Å². The number of rotatable bonds is 8. The smallest absolute Gasteiger partial charge is 0.254 e. The first-order chi connectivity index (χ1) is 13.8. The minimum Gasteiger partial charge on any atom is -0.497 e. The van der Waals surface area contributed by atoms with E-state index in [1.54, 1.807) is 7.11 Å². The van der Waals surface area contributed by atoms with E-state index in [1.165, 1.54) is 0 Å². The van der Waals surface area contributed by atoms with Crippen molar-refractivity contribution in [2.24, 2.45) is 4.99 Å². The first-order valence-corrected chi connectivity index (χ1v) is 10.00. The predicted octanol–water partition coefficient (Wildman–Crippen LogP) is 3.70. The molecule has 1 heterocycles. The van der Waals surface area contributed by atoms with Crippen LogP contribution in [0.1, 0.15) is 40.5 Å². The highest BCUT2D eigenvalue weighted by Gasteiger charge is 2.39. The fourth-order valence-corrected chi connectivity index (χ4v) is 3.42. The molecule has 0 unspecified atom stereocenters. The Morgan fingerprint density at radius 3 is 2.45 bits per heavy atom. The Balaban J connectivity index is 1.66. The van der Waals surface area contributed by atoms with Gasteiger partial charge >= 0.3 is 0 Å². The SMILES string of the molecule is C=N/C(NC1(C)CC1)=C(\C)C(C(=O)N1CC(Oc2cccc(OC)c2)C1)=C(C)C. The van der Waals surface area contributed by atoms with Gasteiger partial charge in [0.2, 0.25) is 0 Å². The van der Waals surface area contributed by atoms with Crippen LogP contribution >= 0.6 is 0 Å². The van der Waals surface area contributed by atoms with Gasteiger partial charge in [0.1, 0.15) is 23.4 Å². The highest BCUT2D eigenvalue weighted by molar-refractivity contribution is 5.99. The highest BCUT2D eigenvalue weighted by Crippen LogP contribution is 2.36. The first kappa shape index (κ1) is 21.0. The van der Waals surface area contributed by atoms with E-state index >= 15 is 0 Å². The fourth-order valence-electron chi connectivity index (χ4n) is 3.42. The summed E-state index contributed by atoms with van der Waals surface area (Å²) in [4.78, 5) is 19.2. The van der Waals surface area contributed by atoms with Gasteiger partial charge in [-0.3, -0.25) is 4.79 Å². The number of hydrogen-bond acceptors (Lipinski definition) is 5. The van der Waals surface area contributed by atoms with Gasteiger partial charge in [0, 0.05) is 22.8 Å². The van der Waals surface area contributed by atoms with Crippen LogP contribution in [0.15, 0.2) is 51.8 Å². The first-order valence-electron chi connectivity index (χ1n) is 10.00. The number of nitrogens with zero attached hydrogens (tertiary/aromatic N) is 2. The fraction of sp³-hybridized carbons (Fsp3) is 0.478. The molecule has 0 radical (unpaired) electrons. The molecule has 3 rings (SSSR count). The Hall–Kier alpha value is -2.76. The van der Waals surface area contributed by atoms with E-state index in [0.29, 0.717) is 24.5 Å². The standard InChI is InChI=1S/C23H31N3O3/c1-15(2)20(16(3)21(24-5)25-23(4)10-11-23)22(27)26-13-19(14-26)29-18-9-7-8-17(12-18)28-6/h7-9,12,19,25H,5,10-11,13-14H2,1-4,6H3/b21-16-. The molecule has 6 nitrogen and oxygen atoms in total. The van der Waals surface area contributed by atoms with E-state index in [9.17, 15) is 4.79 Å². The Bertz CT molecular complexity index is 858. The average Bonchev–Trinajstić information content (AvgIpc) is 3.39. The number of hydrogen-bond donors (Lipinski definition) is 1. The summed E-state index contributed by atoms with van der Waals surface area (Å²) in [6.07, 6.45) is 2.19. The molecule has 0 spiro atoms. The Morgan fingerprint density at radius 2 is 1.90 bits per heavy atom. The van der Waals surface area contributed by atoms with Gasteiger partial charge < -0.3 is 19.7 Å². The van der Waals surface area contributed by atoms with Gasteiger partial charge in [-0.25, -0.2) is 4.99 Å². The molecule has 0 aromatic heterocycles. The molecule has 1 N–H and O–H groups in total. The van der Waals surface area contributed by atoms with Crippen molar-refractivity contribution >= 4 is 12.6 Å². The second-order valence-electron chi connectivity index (χ2n) is 8.32. The normalized spacial score (nSPS) is 18.2. The van der Waals surface area contributed by atoms with Crippen LogP contribution in [0.25, 0.3) is 0 Å². The third kappa shape index (κ3) is 4.81. The topological polar surface area (TPSA) is 63.2 Å². The van der Waals surface area contributed by atoms with Gasteiger partial charge in [-0.15, -0.1) is 0 Å². The van der Waals surface area contributed by atoms with Crippen LogP contribution in [-0.2, 0) is 4.79 Å². The summed E-state index contributed by atoms with van der Waals surface area (Å²) < 4.78 is 11.2. The Kier molecular flexibility index (Phi) is 6.01. The molecule has 0 bridgehead atoms. The molecule has 156 valence electrons. The largest absolute Gasteiger partial charge is 0.497 e. The number of aliphatic imine (C=N–C) groups is 1. The molecule has 0 atom stereocenters. The maximum absolute atomic E-state index is 13.2. The van der Waals surface area contributed by atoms with Crippen molar-refractivity contribution in [1.29, 1.82) is 0 Å². The van der Waals surface area contributed by atoms with Crippen LogP contribution in [0, 0.1) is 0 Å². The van der Waals surface area contributed by atoms with Crippen molar-refractivity contribution in [1.82, 2.24) is 10.2 Å². The minimum atomic E-state index is -0.0192. The van der Waals surface area contributed by atoms with E-state index < -0.39 is 0 Å². The zero-order valence-electron chi connectivity index (χ0n) is 18.0. The lowest BCUT2D eigenvalue weighted by Gasteiger charge is -2.39. The van der Waals surface area contributed by atoms with E-state index in [0.717, 1.165) is 35.5 Å². The second-order valence-corrected chi connectivity index (χ2v) is 8.32. The molecule has 2 aliphatic rings. The lowest BCUT2D eigenvalue weighted by molar-refractivity contribution is -0.135. The van der Waals surface area contributed by atoms with Gasteiger partial charge in [0.25, 0.3) is 5.91 Å². The lowest BCUT2D eigenvalue weighted by atomic mass is 9.98. The number of amides is 1. The lowest BCUT2D eigenvalue weighted by Crippen LogP contribution is -2.56. The number of allylic oxidation sites excluding steroid dienone is 1. The highest BCUT2D eigenvalue weighted by atomic mass is 16.5. The summed E-state index contributed by atoms with van der Waals surface area (Å²) in [6, 6.07) is 7.52. The quantitative estimate of drug-likeness (QED) is 0.413. The van der Waals surface area contributed by atoms with Crippen LogP contribution in [0.5, 0.6) is 11.5 Å². The van der Waals surface area contributed by atoms with Crippen LogP contribution in [-0.4, -0.2) is 49.4 Å². The van der Waals surface area contributed by atoms with Gasteiger partial charge in [0.15, 0.2) is 0 Å². The van der Waals surface area contributed by atoms with Crippen LogP contribution in [0.3, 0.4) is 0 Å². The monoisotopic (exact) mass is 397 g/mol. The summed E-state index contributed by atoms with van der Waals surface area (Å²) >= 11 is 0. The summed E-state index contributed by atoms with van der Waals surface area (Å²) in [5, 5.41) is 3.44. The number of benzene rings is 1. The molecular weight excluding hydrogens is 366 g/mol. The van der Waals surface area contributed by atoms with Crippen molar-refractivity contribution < 1.29 is 14.3 Å². The average molecular weight is 398 g/mol. The van der Waals surface area contributed by atoms with Gasteiger partial charge in [-0.05, 0) is 59.4 Å². The van der Waals surface area contributed by atoms with Gasteiger partial charge in [0.05, 0.1) is 20.2 Å². The summed E-state index contributed by atoms with van der Waals surface area (Å²) in [5.41, 5.74) is 2.58. The zero-order chi connectivity index (χ0) is 21.2. The predicted molar refractivity (Wildman–Crippen MR) is 115 cm³/mol. The molecule has 2 fully saturated rings. The summed E-state index contributed by atoms with van der Waals surface area (Å²) in [5.74, 6) is 2.21. The number of methoxy groups -OCH3 is 1. The van der Waals surface area contributed by atoms with E-state index in [-0.39, 0.29) is 17.6 Å². The molecule has 1 amide bonds. The van der Waals surface area contributed by atoms with Crippen LogP contribution in [0.4, 0.5) is 0 Å². The molecule has 1 aliphatic heterocycles. The van der Waals surface area contributed by atoms with Gasteiger partial charge in [-0.2, -0.15) is 0 Å². The molecule has 1 saturated carbocycles. The third-order valence-electron chi connectivity index (χ3n) is 5.50. The van der Waals surface area contributed by atoms with Crippen LogP contribution in [0.2, 0.25) is 0 Å². The summed E-state index contributed by atoms with van der Waals surface area (Å²) in [7, 11) is 1.63. The van der Waals surface area contributed by atoms with E-state index in [1.807, 2.05) is 49.9 Å². The van der Waals surface area contributed by atoms with Crippen LogP contribution < -0.4 is 14.8 Å². The van der Waals surface area contributed by atoms with Gasteiger partial charge in [-0.1, -0.05) is 11.6 Å². The molecular formula is C23H31N3O3. The van der Waals surface area contributed by atoms with Crippen molar-refractivity contribution in [2.45, 2.75) is 52.2 Å². The molecule has 1 saturated heterocycles. The molecule has 1 aromatic carbocycles. The maximum Gasteiger partial charge on any atom is 0.254 e. The number of carbonyl (C=O) groups is 1. The number of carbonyl (C=O) groups excluding carboxylic acids is 1. The number of likely N-dealkylation sites (tertiary alicyclic amines) is 1. The number of ether oxygens (including phenoxy) is 2. The molecule has 6 heteroatoms. The Labute approximate surface area is 173 Å².